The summed E-state index contributed by atoms with van der Waals surface area (Å²) < 4.78 is 5.32. The van der Waals surface area contributed by atoms with E-state index in [1.54, 1.807) is 0 Å². The van der Waals surface area contributed by atoms with Gasteiger partial charge in [0.05, 0.1) is 5.60 Å². The Labute approximate surface area is 62.2 Å². The maximum Gasteiger partial charge on any atom is 0.160 e. The minimum atomic E-state index is -0.595. The van der Waals surface area contributed by atoms with Crippen molar-refractivity contribution in [2.45, 2.75) is 46.0 Å². The lowest BCUT2D eigenvalue weighted by molar-refractivity contribution is -0.150. The van der Waals surface area contributed by atoms with Crippen LogP contribution < -0.4 is 0 Å². The molecule has 0 radical (unpaired) electrons. The molecule has 1 atom stereocenters. The molecule has 2 nitrogen and oxygen atoms in total. The van der Waals surface area contributed by atoms with Crippen molar-refractivity contribution in [3.63, 3.8) is 0 Å². The zero-order valence-corrected chi connectivity index (χ0v) is 7.14. The first-order valence-electron chi connectivity index (χ1n) is 3.69. The summed E-state index contributed by atoms with van der Waals surface area (Å²) in [6.07, 6.45) is 0.323. The molecule has 1 saturated heterocycles. The Hall–Kier alpha value is -0.0800. The molecule has 1 aliphatic heterocycles. The first kappa shape index (κ1) is 8.02. The van der Waals surface area contributed by atoms with Gasteiger partial charge in [-0.2, -0.15) is 0 Å². The number of aliphatic hydroxyl groups is 1. The van der Waals surface area contributed by atoms with E-state index in [0.717, 1.165) is 6.42 Å². The highest BCUT2D eigenvalue weighted by molar-refractivity contribution is 4.89. The SMILES string of the molecule is CC1(C)CC(C)(C)C(O)O1. The first-order chi connectivity index (χ1) is 4.33. The van der Waals surface area contributed by atoms with Gasteiger partial charge in [-0.15, -0.1) is 0 Å². The second-order valence-corrected chi connectivity index (χ2v) is 4.40. The molecular formula is C8H16O2. The Kier molecular flexibility index (Phi) is 1.57. The van der Waals surface area contributed by atoms with E-state index >= 15 is 0 Å². The second kappa shape index (κ2) is 1.95. The fourth-order valence-electron chi connectivity index (χ4n) is 1.69. The van der Waals surface area contributed by atoms with E-state index in [-0.39, 0.29) is 11.0 Å². The van der Waals surface area contributed by atoms with Gasteiger partial charge in [0.1, 0.15) is 0 Å². The Balaban J connectivity index is 2.71. The van der Waals surface area contributed by atoms with Crippen molar-refractivity contribution >= 4 is 0 Å². The molecule has 0 aromatic heterocycles. The van der Waals surface area contributed by atoms with Gasteiger partial charge in [-0.05, 0) is 20.3 Å². The molecule has 0 aromatic carbocycles. The number of hydrogen-bond acceptors (Lipinski definition) is 2. The third kappa shape index (κ3) is 1.32. The molecule has 1 N–H and O–H groups in total. The molecule has 0 aliphatic carbocycles. The van der Waals surface area contributed by atoms with Crippen LogP contribution in [-0.4, -0.2) is 17.0 Å². The second-order valence-electron chi connectivity index (χ2n) is 4.40. The van der Waals surface area contributed by atoms with Crippen LogP contribution in [0.3, 0.4) is 0 Å². The lowest BCUT2D eigenvalue weighted by Crippen LogP contribution is -2.23. The van der Waals surface area contributed by atoms with Gasteiger partial charge in [-0.25, -0.2) is 0 Å². The average molecular weight is 144 g/mol. The van der Waals surface area contributed by atoms with Crippen LogP contribution in [0.15, 0.2) is 0 Å². The first-order valence-corrected chi connectivity index (χ1v) is 3.69. The molecule has 0 bridgehead atoms. The van der Waals surface area contributed by atoms with Crippen LogP contribution in [-0.2, 0) is 4.74 Å². The van der Waals surface area contributed by atoms with Crippen LogP contribution in [0.4, 0.5) is 0 Å². The average Bonchev–Trinajstić information content (AvgIpc) is 1.73. The maximum atomic E-state index is 9.37. The number of hydrogen-bond donors (Lipinski definition) is 1. The molecule has 0 amide bonds. The van der Waals surface area contributed by atoms with Crippen molar-refractivity contribution in [1.29, 1.82) is 0 Å². The van der Waals surface area contributed by atoms with Crippen molar-refractivity contribution in [2.24, 2.45) is 5.41 Å². The van der Waals surface area contributed by atoms with Gasteiger partial charge < -0.3 is 9.84 Å². The third-order valence-electron chi connectivity index (χ3n) is 1.98. The predicted octanol–water partition coefficient (Wildman–Crippen LogP) is 1.53. The van der Waals surface area contributed by atoms with Crippen LogP contribution in [0, 0.1) is 5.41 Å². The lowest BCUT2D eigenvalue weighted by atomic mass is 9.85. The highest BCUT2D eigenvalue weighted by Gasteiger charge is 2.44. The molecule has 1 fully saturated rings. The molecule has 1 aliphatic rings. The molecule has 1 unspecified atom stereocenters. The summed E-state index contributed by atoms with van der Waals surface area (Å²) in [6.45, 7) is 8.05. The topological polar surface area (TPSA) is 29.5 Å². The van der Waals surface area contributed by atoms with E-state index in [9.17, 15) is 5.11 Å². The lowest BCUT2D eigenvalue weighted by Gasteiger charge is -2.19. The van der Waals surface area contributed by atoms with Crippen molar-refractivity contribution < 1.29 is 9.84 Å². The summed E-state index contributed by atoms with van der Waals surface area (Å²) in [5.74, 6) is 0. The van der Waals surface area contributed by atoms with Gasteiger partial charge in [0.15, 0.2) is 6.29 Å². The van der Waals surface area contributed by atoms with Gasteiger partial charge in [-0.3, -0.25) is 0 Å². The van der Waals surface area contributed by atoms with Crippen molar-refractivity contribution in [3.8, 4) is 0 Å². The van der Waals surface area contributed by atoms with Crippen molar-refractivity contribution in [2.75, 3.05) is 0 Å². The summed E-state index contributed by atoms with van der Waals surface area (Å²) >= 11 is 0. The fraction of sp³-hybridized carbons (Fsp3) is 1.00. The molecule has 60 valence electrons. The molecule has 0 saturated carbocycles. The minimum absolute atomic E-state index is 0.0799. The van der Waals surface area contributed by atoms with Crippen molar-refractivity contribution in [1.82, 2.24) is 0 Å². The standard InChI is InChI=1S/C8H16O2/c1-7(2)5-8(3,4)10-6(7)9/h6,9H,5H2,1-4H3. The van der Waals surface area contributed by atoms with Gasteiger partial charge in [0, 0.05) is 5.41 Å². The van der Waals surface area contributed by atoms with Crippen LogP contribution in [0.5, 0.6) is 0 Å². The number of rotatable bonds is 0. The van der Waals surface area contributed by atoms with Crippen molar-refractivity contribution in [3.05, 3.63) is 0 Å². The van der Waals surface area contributed by atoms with Crippen LogP contribution in [0.25, 0.3) is 0 Å². The van der Waals surface area contributed by atoms with Crippen LogP contribution >= 0.6 is 0 Å². The zero-order chi connectivity index (χ0) is 7.99. The largest absolute Gasteiger partial charge is 0.367 e. The molecule has 2 heteroatoms. The summed E-state index contributed by atoms with van der Waals surface area (Å²) in [7, 11) is 0. The monoisotopic (exact) mass is 144 g/mol. The summed E-state index contributed by atoms with van der Waals surface area (Å²) in [5.41, 5.74) is -0.230. The van der Waals surface area contributed by atoms with Gasteiger partial charge >= 0.3 is 0 Å². The van der Waals surface area contributed by atoms with E-state index < -0.39 is 6.29 Å². The Morgan fingerprint density at radius 2 is 1.80 bits per heavy atom. The van der Waals surface area contributed by atoms with Crippen LogP contribution in [0.1, 0.15) is 34.1 Å². The van der Waals surface area contributed by atoms with E-state index in [0.29, 0.717) is 0 Å². The summed E-state index contributed by atoms with van der Waals surface area (Å²) in [5, 5.41) is 9.37. The zero-order valence-electron chi connectivity index (χ0n) is 7.14. The highest BCUT2D eigenvalue weighted by atomic mass is 16.6. The highest BCUT2D eigenvalue weighted by Crippen LogP contribution is 2.42. The molecule has 10 heavy (non-hydrogen) atoms. The number of aliphatic hydroxyl groups excluding tert-OH is 1. The number of ether oxygens (including phenoxy) is 1. The quantitative estimate of drug-likeness (QED) is 0.558. The predicted molar refractivity (Wildman–Crippen MR) is 39.6 cm³/mol. The molecule has 1 rings (SSSR count). The van der Waals surface area contributed by atoms with Crippen LogP contribution in [0.2, 0.25) is 0 Å². The molecular weight excluding hydrogens is 128 g/mol. The summed E-state index contributed by atoms with van der Waals surface area (Å²) in [6, 6.07) is 0. The molecule has 0 spiro atoms. The Bertz CT molecular complexity index is 138. The minimum Gasteiger partial charge on any atom is -0.367 e. The fourth-order valence-corrected chi connectivity index (χ4v) is 1.69. The molecule has 1 heterocycles. The van der Waals surface area contributed by atoms with E-state index in [1.165, 1.54) is 0 Å². The van der Waals surface area contributed by atoms with Gasteiger partial charge in [0.2, 0.25) is 0 Å². The van der Waals surface area contributed by atoms with E-state index in [4.69, 9.17) is 4.74 Å². The summed E-state index contributed by atoms with van der Waals surface area (Å²) in [4.78, 5) is 0. The van der Waals surface area contributed by atoms with E-state index in [1.807, 2.05) is 27.7 Å². The normalized spacial score (nSPS) is 36.3. The van der Waals surface area contributed by atoms with E-state index in [2.05, 4.69) is 0 Å². The maximum absolute atomic E-state index is 9.37. The smallest absolute Gasteiger partial charge is 0.160 e. The molecule has 0 aromatic rings. The van der Waals surface area contributed by atoms with Gasteiger partial charge in [0.25, 0.3) is 0 Å². The Morgan fingerprint density at radius 3 is 1.90 bits per heavy atom. The van der Waals surface area contributed by atoms with Gasteiger partial charge in [-0.1, -0.05) is 13.8 Å². The Morgan fingerprint density at radius 1 is 1.30 bits per heavy atom. The third-order valence-corrected chi connectivity index (χ3v) is 1.98.